The second-order valence-electron chi connectivity index (χ2n) is 6.01. The lowest BCUT2D eigenvalue weighted by atomic mass is 9.87. The Hall–Kier alpha value is -2.38. The molecule has 1 amide bonds. The van der Waals surface area contributed by atoms with Crippen molar-refractivity contribution in [3.8, 4) is 5.75 Å². The third-order valence-electron chi connectivity index (χ3n) is 4.22. The van der Waals surface area contributed by atoms with Crippen molar-refractivity contribution in [2.24, 2.45) is 7.05 Å². The standard InChI is InChI=1S/C17H21N3O4/c1-20-10-11(9-18-20)17(23)19-13-7-8-14(16(22)15(13)21)24-12-5-3-2-4-6-12/h2-6,9-10,13-16,21-22H,7-8H2,1H3,(H,19,23)/t13-,14-,15-,16-/m1/s1. The van der Waals surface area contributed by atoms with Gasteiger partial charge in [0.25, 0.3) is 5.91 Å². The number of aromatic nitrogens is 2. The average Bonchev–Trinajstić information content (AvgIpc) is 3.02. The average molecular weight is 331 g/mol. The Balaban J connectivity index is 1.60. The summed E-state index contributed by atoms with van der Waals surface area (Å²) in [6.07, 6.45) is 1.44. The smallest absolute Gasteiger partial charge is 0.254 e. The normalized spacial score (nSPS) is 26.8. The molecule has 3 rings (SSSR count). The number of nitrogens with one attached hydrogen (secondary N) is 1. The number of hydrogen-bond donors (Lipinski definition) is 3. The summed E-state index contributed by atoms with van der Waals surface area (Å²) in [5.41, 5.74) is 0.418. The molecule has 0 unspecified atom stereocenters. The molecule has 0 spiro atoms. The van der Waals surface area contributed by atoms with Crippen LogP contribution >= 0.6 is 0 Å². The molecule has 0 bridgehead atoms. The van der Waals surface area contributed by atoms with Crippen LogP contribution in [0.3, 0.4) is 0 Å². The van der Waals surface area contributed by atoms with Crippen LogP contribution < -0.4 is 10.1 Å². The summed E-state index contributed by atoms with van der Waals surface area (Å²) in [5.74, 6) is 0.327. The molecule has 1 aromatic heterocycles. The van der Waals surface area contributed by atoms with E-state index in [-0.39, 0.29) is 5.91 Å². The minimum Gasteiger partial charge on any atom is -0.488 e. The van der Waals surface area contributed by atoms with Gasteiger partial charge in [-0.3, -0.25) is 9.48 Å². The third kappa shape index (κ3) is 3.58. The van der Waals surface area contributed by atoms with E-state index in [0.717, 1.165) is 0 Å². The molecule has 1 fully saturated rings. The quantitative estimate of drug-likeness (QED) is 0.757. The number of nitrogens with zero attached hydrogens (tertiary/aromatic N) is 2. The highest BCUT2D eigenvalue weighted by Crippen LogP contribution is 2.25. The molecule has 7 heteroatoms. The van der Waals surface area contributed by atoms with Crippen molar-refractivity contribution in [3.63, 3.8) is 0 Å². The second-order valence-corrected chi connectivity index (χ2v) is 6.01. The van der Waals surface area contributed by atoms with Gasteiger partial charge < -0.3 is 20.3 Å². The summed E-state index contributed by atoms with van der Waals surface area (Å²) in [4.78, 5) is 12.2. The van der Waals surface area contributed by atoms with E-state index in [1.54, 1.807) is 25.4 Å². The lowest BCUT2D eigenvalue weighted by Gasteiger charge is -2.37. The summed E-state index contributed by atoms with van der Waals surface area (Å²) >= 11 is 0. The largest absolute Gasteiger partial charge is 0.488 e. The first-order valence-corrected chi connectivity index (χ1v) is 7.92. The van der Waals surface area contributed by atoms with Crippen LogP contribution in [0.25, 0.3) is 0 Å². The predicted octanol–water partition coefficient (Wildman–Crippen LogP) is 0.482. The SMILES string of the molecule is Cn1cc(C(=O)N[C@@H]2CC[C@@H](Oc3ccccc3)[C@@H](O)[C@@H]2O)cn1. The molecule has 3 N–H and O–H groups in total. The molecule has 2 aromatic rings. The molecule has 1 heterocycles. The maximum Gasteiger partial charge on any atom is 0.254 e. The van der Waals surface area contributed by atoms with Gasteiger partial charge in [-0.1, -0.05) is 18.2 Å². The fourth-order valence-electron chi connectivity index (χ4n) is 2.89. The first-order valence-electron chi connectivity index (χ1n) is 7.92. The minimum absolute atomic E-state index is 0.318. The molecule has 24 heavy (non-hydrogen) atoms. The van der Waals surface area contributed by atoms with Gasteiger partial charge in [-0.15, -0.1) is 0 Å². The Bertz CT molecular complexity index is 688. The number of rotatable bonds is 4. The highest BCUT2D eigenvalue weighted by Gasteiger charge is 2.39. The van der Waals surface area contributed by atoms with Crippen LogP contribution in [0.15, 0.2) is 42.7 Å². The molecule has 4 atom stereocenters. The number of amides is 1. The number of carbonyl (C=O) groups excluding carboxylic acids is 1. The van der Waals surface area contributed by atoms with Crippen LogP contribution in [-0.4, -0.2) is 50.3 Å². The van der Waals surface area contributed by atoms with E-state index in [2.05, 4.69) is 10.4 Å². The van der Waals surface area contributed by atoms with Crippen molar-refractivity contribution < 1.29 is 19.7 Å². The molecule has 7 nitrogen and oxygen atoms in total. The van der Waals surface area contributed by atoms with Crippen LogP contribution in [0.1, 0.15) is 23.2 Å². The molecule has 0 saturated heterocycles. The van der Waals surface area contributed by atoms with Gasteiger partial charge in [-0.25, -0.2) is 0 Å². The maximum atomic E-state index is 12.2. The first kappa shape index (κ1) is 16.5. The monoisotopic (exact) mass is 331 g/mol. The number of hydrogen-bond acceptors (Lipinski definition) is 5. The number of carbonyl (C=O) groups is 1. The van der Waals surface area contributed by atoms with Gasteiger partial charge in [0.1, 0.15) is 24.1 Å². The van der Waals surface area contributed by atoms with Crippen molar-refractivity contribution in [1.29, 1.82) is 0 Å². The highest BCUT2D eigenvalue weighted by atomic mass is 16.5. The first-order chi connectivity index (χ1) is 11.5. The molecule has 128 valence electrons. The lowest BCUT2D eigenvalue weighted by Crippen LogP contribution is -2.57. The van der Waals surface area contributed by atoms with Gasteiger partial charge in [-0.2, -0.15) is 5.10 Å². The van der Waals surface area contributed by atoms with Crippen molar-refractivity contribution in [2.45, 2.75) is 37.2 Å². The minimum atomic E-state index is -1.09. The zero-order valence-corrected chi connectivity index (χ0v) is 13.4. The predicted molar refractivity (Wildman–Crippen MR) is 86.6 cm³/mol. The van der Waals surface area contributed by atoms with Crippen LogP contribution in [0, 0.1) is 0 Å². The number of aliphatic hydroxyl groups excluding tert-OH is 2. The molecule has 1 aliphatic rings. The topological polar surface area (TPSA) is 96.6 Å². The molecular formula is C17H21N3O4. The Morgan fingerprint density at radius 1 is 1.25 bits per heavy atom. The fraction of sp³-hybridized carbons (Fsp3) is 0.412. The van der Waals surface area contributed by atoms with Crippen LogP contribution in [-0.2, 0) is 7.05 Å². The van der Waals surface area contributed by atoms with Gasteiger partial charge in [0.15, 0.2) is 0 Å². The zero-order valence-electron chi connectivity index (χ0n) is 13.4. The van der Waals surface area contributed by atoms with E-state index in [1.807, 2.05) is 18.2 Å². The van der Waals surface area contributed by atoms with E-state index in [4.69, 9.17) is 4.74 Å². The number of aliphatic hydroxyl groups is 2. The second kappa shape index (κ2) is 7.02. The molecule has 1 aliphatic carbocycles. The summed E-state index contributed by atoms with van der Waals surface area (Å²) in [5, 5.41) is 27.3. The summed E-state index contributed by atoms with van der Waals surface area (Å²) < 4.78 is 7.28. The molecule has 1 aromatic carbocycles. The Kier molecular flexibility index (Phi) is 4.82. The summed E-state index contributed by atoms with van der Waals surface area (Å²) in [6, 6.07) is 8.65. The van der Waals surface area contributed by atoms with Crippen molar-refractivity contribution in [1.82, 2.24) is 15.1 Å². The van der Waals surface area contributed by atoms with Crippen LogP contribution in [0.5, 0.6) is 5.75 Å². The number of ether oxygens (including phenoxy) is 1. The van der Waals surface area contributed by atoms with Gasteiger partial charge in [0.05, 0.1) is 17.8 Å². The van der Waals surface area contributed by atoms with Gasteiger partial charge in [0, 0.05) is 13.2 Å². The van der Waals surface area contributed by atoms with Crippen LogP contribution in [0.2, 0.25) is 0 Å². The molecular weight excluding hydrogens is 310 g/mol. The van der Waals surface area contributed by atoms with E-state index in [9.17, 15) is 15.0 Å². The zero-order chi connectivity index (χ0) is 17.1. The third-order valence-corrected chi connectivity index (χ3v) is 4.22. The van der Waals surface area contributed by atoms with Gasteiger partial charge in [-0.05, 0) is 25.0 Å². The number of aryl methyl sites for hydroxylation is 1. The Labute approximate surface area is 139 Å². The van der Waals surface area contributed by atoms with Crippen molar-refractivity contribution >= 4 is 5.91 Å². The Morgan fingerprint density at radius 3 is 2.67 bits per heavy atom. The number of benzene rings is 1. The molecule has 1 saturated carbocycles. The lowest BCUT2D eigenvalue weighted by molar-refractivity contribution is -0.0874. The Morgan fingerprint density at radius 2 is 2.00 bits per heavy atom. The van der Waals surface area contributed by atoms with Crippen molar-refractivity contribution in [3.05, 3.63) is 48.3 Å². The summed E-state index contributed by atoms with van der Waals surface area (Å²) in [6.45, 7) is 0. The molecule has 0 aliphatic heterocycles. The summed E-state index contributed by atoms with van der Waals surface area (Å²) in [7, 11) is 1.72. The fourth-order valence-corrected chi connectivity index (χ4v) is 2.89. The molecule has 0 radical (unpaired) electrons. The number of para-hydroxylation sites is 1. The highest BCUT2D eigenvalue weighted by molar-refractivity contribution is 5.93. The van der Waals surface area contributed by atoms with Gasteiger partial charge in [0.2, 0.25) is 0 Å². The van der Waals surface area contributed by atoms with Gasteiger partial charge >= 0.3 is 0 Å². The van der Waals surface area contributed by atoms with Crippen LogP contribution in [0.4, 0.5) is 0 Å². The van der Waals surface area contributed by atoms with E-state index < -0.39 is 24.4 Å². The maximum absolute atomic E-state index is 12.2. The van der Waals surface area contributed by atoms with E-state index >= 15 is 0 Å². The van der Waals surface area contributed by atoms with Crippen molar-refractivity contribution in [2.75, 3.05) is 0 Å². The van der Waals surface area contributed by atoms with E-state index in [0.29, 0.717) is 24.2 Å². The van der Waals surface area contributed by atoms with E-state index in [1.165, 1.54) is 10.9 Å².